The van der Waals surface area contributed by atoms with Gasteiger partial charge in [0.15, 0.2) is 6.29 Å². The number of aldehydes is 1. The van der Waals surface area contributed by atoms with Crippen LogP contribution in [0.4, 0.5) is 11.4 Å². The van der Waals surface area contributed by atoms with Crippen LogP contribution in [0.15, 0.2) is 0 Å². The van der Waals surface area contributed by atoms with Crippen molar-refractivity contribution in [1.29, 1.82) is 0 Å². The fraction of sp³-hybridized carbons (Fsp3) is 0.444. The zero-order chi connectivity index (χ0) is 24.9. The number of carbonyl (C=O) groups excluding carboxylic acids is 4. The van der Waals surface area contributed by atoms with Crippen LogP contribution in [-0.4, -0.2) is 82.4 Å². The summed E-state index contributed by atoms with van der Waals surface area (Å²) in [5, 5.41) is 43.9. The Morgan fingerprint density at radius 1 is 1.06 bits per heavy atom. The third-order valence-electron chi connectivity index (χ3n) is 4.38. The number of benzene rings is 1. The summed E-state index contributed by atoms with van der Waals surface area (Å²) in [4.78, 5) is 49.4. The maximum absolute atomic E-state index is 13.2. The van der Waals surface area contributed by atoms with Gasteiger partial charge in [-0.15, -0.1) is 0 Å². The molecule has 4 unspecified atom stereocenters. The standard InChI is InChI=1S/C18H22I3N3O8/c1-6(27)22-15-11(19)10(12(20)16(13(15)21)24(3)7(2)28)18(32)23-14(8(29)4-25)17(31)9(30)5-26/h4,8-9,14,17,26,29-31H,5H2,1-3H3,(H,22,27)(H,23,32). The molecular formula is C18H22I3N3O8. The van der Waals surface area contributed by atoms with Gasteiger partial charge in [-0.05, 0) is 67.8 Å². The number of hydrogen-bond donors (Lipinski definition) is 6. The minimum atomic E-state index is -1.89. The van der Waals surface area contributed by atoms with Crippen molar-refractivity contribution >= 4 is 103 Å². The molecule has 0 aliphatic carbocycles. The molecule has 1 aromatic rings. The molecule has 1 rings (SSSR count). The number of nitrogens with one attached hydrogen (secondary N) is 2. The molecule has 0 aliphatic heterocycles. The lowest BCUT2D eigenvalue weighted by atomic mass is 10.00. The number of halogens is 3. The first kappa shape index (κ1) is 29.4. The van der Waals surface area contributed by atoms with E-state index in [4.69, 9.17) is 5.11 Å². The Morgan fingerprint density at radius 3 is 2.06 bits per heavy atom. The zero-order valence-electron chi connectivity index (χ0n) is 17.1. The Hall–Kier alpha value is -0.670. The van der Waals surface area contributed by atoms with Gasteiger partial charge in [-0.2, -0.15) is 0 Å². The largest absolute Gasteiger partial charge is 0.394 e. The molecule has 0 bridgehead atoms. The number of hydrogen-bond acceptors (Lipinski definition) is 8. The van der Waals surface area contributed by atoms with Crippen molar-refractivity contribution in [3.05, 3.63) is 16.3 Å². The lowest BCUT2D eigenvalue weighted by molar-refractivity contribution is -0.120. The first-order chi connectivity index (χ1) is 14.8. The molecule has 0 spiro atoms. The van der Waals surface area contributed by atoms with Gasteiger partial charge in [0.25, 0.3) is 5.91 Å². The second kappa shape index (κ2) is 12.7. The van der Waals surface area contributed by atoms with Crippen molar-refractivity contribution in [2.75, 3.05) is 23.9 Å². The lowest BCUT2D eigenvalue weighted by Gasteiger charge is -2.29. The van der Waals surface area contributed by atoms with Gasteiger partial charge in [0, 0.05) is 20.9 Å². The molecule has 3 amide bonds. The molecule has 178 valence electrons. The second-order valence-corrected chi connectivity index (χ2v) is 9.90. The van der Waals surface area contributed by atoms with Crippen molar-refractivity contribution in [3.63, 3.8) is 0 Å². The third-order valence-corrected chi connectivity index (χ3v) is 7.56. The number of aliphatic hydroxyl groups is 4. The Labute approximate surface area is 224 Å². The molecule has 32 heavy (non-hydrogen) atoms. The number of carbonyl (C=O) groups is 4. The van der Waals surface area contributed by atoms with E-state index < -0.39 is 42.8 Å². The van der Waals surface area contributed by atoms with E-state index in [1.807, 2.05) is 67.8 Å². The minimum absolute atomic E-state index is 0.00672. The van der Waals surface area contributed by atoms with E-state index in [1.165, 1.54) is 25.8 Å². The van der Waals surface area contributed by atoms with E-state index >= 15 is 0 Å². The highest BCUT2D eigenvalue weighted by molar-refractivity contribution is 14.1. The predicted octanol–water partition coefficient (Wildman–Crippen LogP) is -0.186. The van der Waals surface area contributed by atoms with Gasteiger partial charge in [0.2, 0.25) is 11.8 Å². The zero-order valence-corrected chi connectivity index (χ0v) is 23.6. The Bertz CT molecular complexity index is 914. The topological polar surface area (TPSA) is 176 Å². The number of anilines is 2. The smallest absolute Gasteiger partial charge is 0.254 e. The fourth-order valence-electron chi connectivity index (χ4n) is 2.62. The van der Waals surface area contributed by atoms with Crippen LogP contribution < -0.4 is 15.5 Å². The molecule has 1 aromatic carbocycles. The van der Waals surface area contributed by atoms with Crippen molar-refractivity contribution in [1.82, 2.24) is 5.32 Å². The van der Waals surface area contributed by atoms with Gasteiger partial charge in [-0.1, -0.05) is 0 Å². The summed E-state index contributed by atoms with van der Waals surface area (Å²) in [7, 11) is 1.49. The second-order valence-electron chi connectivity index (χ2n) is 6.67. The van der Waals surface area contributed by atoms with Crippen molar-refractivity contribution in [2.45, 2.75) is 38.2 Å². The van der Waals surface area contributed by atoms with Gasteiger partial charge in [0.1, 0.15) is 18.3 Å². The van der Waals surface area contributed by atoms with Gasteiger partial charge in [-0.3, -0.25) is 14.4 Å². The molecule has 0 saturated heterocycles. The number of aliphatic hydroxyl groups excluding tert-OH is 4. The van der Waals surface area contributed by atoms with Crippen LogP contribution >= 0.6 is 67.8 Å². The highest BCUT2D eigenvalue weighted by Crippen LogP contribution is 2.40. The van der Waals surface area contributed by atoms with E-state index in [-0.39, 0.29) is 23.4 Å². The average molecular weight is 789 g/mol. The van der Waals surface area contributed by atoms with Gasteiger partial charge in [0.05, 0.1) is 40.3 Å². The predicted molar refractivity (Wildman–Crippen MR) is 140 cm³/mol. The maximum Gasteiger partial charge on any atom is 0.254 e. The van der Waals surface area contributed by atoms with Crippen molar-refractivity contribution in [2.24, 2.45) is 0 Å². The quantitative estimate of drug-likeness (QED) is 0.148. The highest BCUT2D eigenvalue weighted by Gasteiger charge is 2.35. The van der Waals surface area contributed by atoms with Crippen LogP contribution in [0, 0.1) is 10.7 Å². The molecule has 6 N–H and O–H groups in total. The molecule has 0 saturated carbocycles. The van der Waals surface area contributed by atoms with Crippen molar-refractivity contribution in [3.8, 4) is 0 Å². The van der Waals surface area contributed by atoms with Crippen LogP contribution in [0.2, 0.25) is 0 Å². The molecule has 14 heteroatoms. The normalized spacial score (nSPS) is 14.7. The SMILES string of the molecule is CC(=O)Nc1c(I)c(C(=O)NC(C(O)C=O)C(O)C(O)CO)c(I)c(N(C)C(C)=O)c1I. The maximum atomic E-state index is 13.2. The first-order valence-corrected chi connectivity index (χ1v) is 12.2. The summed E-state index contributed by atoms with van der Waals surface area (Å²) in [6.45, 7) is 1.73. The van der Waals surface area contributed by atoms with E-state index in [9.17, 15) is 34.5 Å². The van der Waals surface area contributed by atoms with E-state index in [0.717, 1.165) is 0 Å². The van der Waals surface area contributed by atoms with Crippen LogP contribution in [0.1, 0.15) is 24.2 Å². The molecule has 0 aromatic heterocycles. The number of nitrogens with zero attached hydrogens (tertiary/aromatic N) is 1. The van der Waals surface area contributed by atoms with Crippen molar-refractivity contribution < 1.29 is 39.6 Å². The molecule has 0 aliphatic rings. The summed E-state index contributed by atoms with van der Waals surface area (Å²) < 4.78 is 1.14. The molecule has 4 atom stereocenters. The van der Waals surface area contributed by atoms with E-state index in [0.29, 0.717) is 16.4 Å². The fourth-order valence-corrected chi connectivity index (χ4v) is 7.27. The van der Waals surface area contributed by atoms with Gasteiger partial charge >= 0.3 is 0 Å². The summed E-state index contributed by atoms with van der Waals surface area (Å²) >= 11 is 5.64. The Morgan fingerprint density at radius 2 is 1.62 bits per heavy atom. The van der Waals surface area contributed by atoms with Crippen LogP contribution in [0.25, 0.3) is 0 Å². The molecule has 11 nitrogen and oxygen atoms in total. The van der Waals surface area contributed by atoms with Gasteiger partial charge < -0.3 is 40.8 Å². The molecule has 0 heterocycles. The van der Waals surface area contributed by atoms with Crippen LogP contribution in [-0.2, 0) is 14.4 Å². The average Bonchev–Trinajstić information content (AvgIpc) is 2.72. The van der Waals surface area contributed by atoms with Crippen LogP contribution in [0.3, 0.4) is 0 Å². The van der Waals surface area contributed by atoms with Gasteiger partial charge in [-0.25, -0.2) is 0 Å². The van der Waals surface area contributed by atoms with E-state index in [2.05, 4.69) is 10.6 Å². The van der Waals surface area contributed by atoms with Crippen LogP contribution in [0.5, 0.6) is 0 Å². The molecular weight excluding hydrogens is 767 g/mol. The summed E-state index contributed by atoms with van der Waals surface area (Å²) in [6.07, 6.45) is -5.42. The molecule has 0 fully saturated rings. The number of rotatable bonds is 9. The molecule has 0 radical (unpaired) electrons. The summed E-state index contributed by atoms with van der Waals surface area (Å²) in [5.41, 5.74) is 0.625. The minimum Gasteiger partial charge on any atom is -0.394 e. The first-order valence-electron chi connectivity index (χ1n) is 8.93. The highest BCUT2D eigenvalue weighted by atomic mass is 127. The van der Waals surface area contributed by atoms with E-state index in [1.54, 1.807) is 0 Å². The number of amides is 3. The monoisotopic (exact) mass is 789 g/mol. The Kier molecular flexibility index (Phi) is 11.7. The summed E-state index contributed by atoms with van der Waals surface area (Å²) in [6, 6.07) is -1.65. The summed E-state index contributed by atoms with van der Waals surface area (Å²) in [5.74, 6) is -1.60. The third kappa shape index (κ3) is 6.69. The lowest BCUT2D eigenvalue weighted by Crippen LogP contribution is -2.56. The Balaban J connectivity index is 3.69.